The van der Waals surface area contributed by atoms with E-state index in [-0.39, 0.29) is 42.1 Å². The first-order chi connectivity index (χ1) is 20.7. The number of carbonyl (C=O) groups excluding carboxylic acids is 2. The Balaban J connectivity index is 1.17. The van der Waals surface area contributed by atoms with Crippen LogP contribution in [0.25, 0.3) is 16.9 Å². The highest BCUT2D eigenvalue weighted by Gasteiger charge is 2.38. The van der Waals surface area contributed by atoms with Gasteiger partial charge in [0.25, 0.3) is 16.8 Å². The number of esters is 1. The van der Waals surface area contributed by atoms with Crippen LogP contribution in [0, 0.1) is 12.8 Å². The molecule has 1 amide bonds. The third-order valence-corrected chi connectivity index (χ3v) is 7.72. The number of hydrogen-bond donors (Lipinski definition) is 1. The average Bonchev–Trinajstić information content (AvgIpc) is 3.53. The molecule has 4 aromatic rings. The highest BCUT2D eigenvalue weighted by molar-refractivity contribution is 7.90. The number of ether oxygens (including phenoxy) is 2. The molecule has 0 aliphatic carbocycles. The molecule has 1 fully saturated rings. The largest absolute Gasteiger partial charge is 0.442 e. The Morgan fingerprint density at radius 2 is 1.75 bits per heavy atom. The molecule has 44 heavy (non-hydrogen) atoms. The maximum atomic E-state index is 13.5. The Morgan fingerprint density at radius 3 is 2.36 bits per heavy atom. The fourth-order valence-electron chi connectivity index (χ4n) is 3.96. The van der Waals surface area contributed by atoms with E-state index in [0.29, 0.717) is 5.56 Å². The molecular formula is C26H27F3N6O8S. The van der Waals surface area contributed by atoms with Crippen molar-refractivity contribution in [2.45, 2.75) is 37.9 Å². The molecule has 0 bridgehead atoms. The molecule has 2 aromatic carbocycles. The number of benzene rings is 2. The molecule has 1 N–H and O–H groups in total. The lowest BCUT2D eigenvalue weighted by molar-refractivity contribution is -0.163. The van der Waals surface area contributed by atoms with Gasteiger partial charge >= 0.3 is 18.2 Å². The van der Waals surface area contributed by atoms with Crippen molar-refractivity contribution in [3.05, 3.63) is 65.9 Å². The second-order valence-electron chi connectivity index (χ2n) is 10.1. The van der Waals surface area contributed by atoms with E-state index in [4.69, 9.17) is 18.9 Å². The topological polar surface area (TPSA) is 152 Å². The monoisotopic (exact) mass is 640 g/mol. The van der Waals surface area contributed by atoms with Gasteiger partial charge in [-0.2, -0.15) is 22.9 Å². The number of nitrogens with zero attached hydrogens (tertiary/aromatic N) is 5. The Bertz CT molecular complexity index is 1730. The van der Waals surface area contributed by atoms with Gasteiger partial charge in [0.2, 0.25) is 0 Å². The zero-order valence-electron chi connectivity index (χ0n) is 23.5. The molecule has 0 radical (unpaired) electrons. The van der Waals surface area contributed by atoms with Crippen molar-refractivity contribution in [2.75, 3.05) is 24.9 Å². The first-order valence-electron chi connectivity index (χ1n) is 13.1. The van der Waals surface area contributed by atoms with Crippen LogP contribution < -0.4 is 14.6 Å². The SMILES string of the molecule is Cc1ccc(-c2cc(C(F)(F)F)nn2-c2ccc(S(=O)(=O)NC(=O)OC3CN(n4on4OCOC(=O)C(C)C)C3)cc2)cc1. The molecule has 0 saturated carbocycles. The summed E-state index contributed by atoms with van der Waals surface area (Å²) in [6, 6.07) is 12.5. The Labute approximate surface area is 248 Å². The zero-order valence-corrected chi connectivity index (χ0v) is 24.3. The summed E-state index contributed by atoms with van der Waals surface area (Å²) < 4.78 is 83.8. The first kappa shape index (κ1) is 30.6. The van der Waals surface area contributed by atoms with Gasteiger partial charge < -0.3 is 14.3 Å². The molecule has 2 aromatic heterocycles. The Hall–Kier alpha value is -4.87. The molecular weight excluding hydrogens is 613 g/mol. The standard InChI is InChI=1S/C26H27F3N6O8S/c1-16(2)24(36)40-15-41-35-34(43-35)32-13-20(14-32)42-25(37)31-44(38,39)21-10-8-19(9-11-21)33-22(12-23(30-33)26(27,28)29)18-6-4-17(3)5-7-18/h4-12,16,20H,13-15H2,1-3H3,(H,31,37). The van der Waals surface area contributed by atoms with E-state index < -0.39 is 40.1 Å². The van der Waals surface area contributed by atoms with Crippen molar-refractivity contribution in [1.29, 1.82) is 0 Å². The smallest absolute Gasteiger partial charge is 0.435 e. The number of sulfonamides is 1. The zero-order chi connectivity index (χ0) is 31.8. The maximum Gasteiger partial charge on any atom is 0.435 e. The molecule has 1 aliphatic rings. The van der Waals surface area contributed by atoms with Gasteiger partial charge in [0.1, 0.15) is 11.1 Å². The molecule has 0 atom stereocenters. The minimum Gasteiger partial charge on any atom is -0.442 e. The lowest BCUT2D eigenvalue weighted by Crippen LogP contribution is -2.58. The van der Waals surface area contributed by atoms with Crippen LogP contribution in [0.2, 0.25) is 0 Å². The van der Waals surface area contributed by atoms with Crippen LogP contribution in [-0.4, -0.2) is 66.2 Å². The number of alkyl halides is 3. The van der Waals surface area contributed by atoms with Gasteiger partial charge in [0, 0.05) is 5.56 Å². The fraction of sp³-hybridized carbons (Fsp3) is 0.346. The predicted molar refractivity (Wildman–Crippen MR) is 144 cm³/mol. The second kappa shape index (κ2) is 11.7. The van der Waals surface area contributed by atoms with E-state index in [9.17, 15) is 31.2 Å². The fourth-order valence-corrected chi connectivity index (χ4v) is 4.84. The molecule has 0 unspecified atom stereocenters. The number of aromatic nitrogens is 4. The van der Waals surface area contributed by atoms with E-state index >= 15 is 0 Å². The summed E-state index contributed by atoms with van der Waals surface area (Å²) in [6.45, 7) is 5.12. The number of hydrogen-bond acceptors (Lipinski definition) is 10. The first-order valence-corrected chi connectivity index (χ1v) is 14.6. The normalized spacial score (nSPS) is 14.0. The molecule has 14 nitrogen and oxygen atoms in total. The van der Waals surface area contributed by atoms with Crippen LogP contribution in [0.1, 0.15) is 25.1 Å². The predicted octanol–water partition coefficient (Wildman–Crippen LogP) is 3.08. The van der Waals surface area contributed by atoms with Gasteiger partial charge in [-0.1, -0.05) is 43.7 Å². The van der Waals surface area contributed by atoms with Gasteiger partial charge in [-0.05, 0) is 37.3 Å². The molecule has 18 heteroatoms. The van der Waals surface area contributed by atoms with E-state index in [0.717, 1.165) is 33.5 Å². The van der Waals surface area contributed by atoms with Gasteiger partial charge in [0.15, 0.2) is 5.69 Å². The van der Waals surface area contributed by atoms with E-state index in [1.54, 1.807) is 47.8 Å². The number of nitrogens with one attached hydrogen (secondary N) is 1. The van der Waals surface area contributed by atoms with Crippen molar-refractivity contribution in [1.82, 2.24) is 24.5 Å². The molecule has 0 spiro atoms. The minimum atomic E-state index is -4.70. The Morgan fingerprint density at radius 1 is 1.09 bits per heavy atom. The Kier molecular flexibility index (Phi) is 8.11. The van der Waals surface area contributed by atoms with Crippen LogP contribution in [0.5, 0.6) is 0 Å². The number of amides is 1. The number of rotatable bonds is 10. The van der Waals surface area contributed by atoms with Crippen LogP contribution >= 0.6 is 0 Å². The van der Waals surface area contributed by atoms with Crippen molar-refractivity contribution in [2.24, 2.45) is 5.92 Å². The third kappa shape index (κ3) is 6.85. The average molecular weight is 641 g/mol. The molecule has 1 saturated heterocycles. The highest BCUT2D eigenvalue weighted by atomic mass is 32.2. The van der Waals surface area contributed by atoms with Gasteiger partial charge in [-0.25, -0.2) is 22.6 Å². The number of halogens is 3. The summed E-state index contributed by atoms with van der Waals surface area (Å²) in [5, 5.41) is 6.19. The van der Waals surface area contributed by atoms with Crippen LogP contribution in [-0.2, 0) is 30.5 Å². The van der Waals surface area contributed by atoms with Gasteiger partial charge in [0.05, 0.1) is 40.2 Å². The van der Waals surface area contributed by atoms with Crippen molar-refractivity contribution in [3.8, 4) is 16.9 Å². The molecule has 1 aliphatic heterocycles. The molecule has 5 rings (SSSR count). The van der Waals surface area contributed by atoms with Gasteiger partial charge in [-0.3, -0.25) is 9.80 Å². The third-order valence-electron chi connectivity index (χ3n) is 6.39. The van der Waals surface area contributed by atoms with Crippen molar-refractivity contribution in [3.63, 3.8) is 0 Å². The lowest BCUT2D eigenvalue weighted by atomic mass is 10.1. The summed E-state index contributed by atoms with van der Waals surface area (Å²) in [7, 11) is -4.38. The lowest BCUT2D eigenvalue weighted by Gasteiger charge is -2.34. The summed E-state index contributed by atoms with van der Waals surface area (Å²) >= 11 is 0. The summed E-state index contributed by atoms with van der Waals surface area (Å²) in [6.07, 6.45) is -6.58. The second-order valence-corrected chi connectivity index (χ2v) is 11.8. The van der Waals surface area contributed by atoms with E-state index in [1.807, 2.05) is 6.92 Å². The number of aryl methyl sites for hydroxylation is 1. The quantitative estimate of drug-likeness (QED) is 0.202. The van der Waals surface area contributed by atoms with Crippen LogP contribution in [0.3, 0.4) is 0 Å². The van der Waals surface area contributed by atoms with Crippen LogP contribution in [0.15, 0.2) is 64.1 Å². The van der Waals surface area contributed by atoms with Crippen LogP contribution in [0.4, 0.5) is 18.0 Å². The van der Waals surface area contributed by atoms with E-state index in [2.05, 4.69) is 5.10 Å². The summed E-state index contributed by atoms with van der Waals surface area (Å²) in [5.41, 5.74) is 0.606. The summed E-state index contributed by atoms with van der Waals surface area (Å²) in [4.78, 5) is 29.6. The highest BCUT2D eigenvalue weighted by Crippen LogP contribution is 2.33. The molecule has 236 valence electrons. The summed E-state index contributed by atoms with van der Waals surface area (Å²) in [5.74, 6) is -0.764. The maximum absolute atomic E-state index is 13.5. The van der Waals surface area contributed by atoms with Crippen molar-refractivity contribution >= 4 is 22.1 Å². The van der Waals surface area contributed by atoms with E-state index in [1.165, 1.54) is 17.1 Å². The van der Waals surface area contributed by atoms with Gasteiger partial charge in [-0.15, -0.1) is 0 Å². The van der Waals surface area contributed by atoms with Crippen molar-refractivity contribution < 1.29 is 50.1 Å². The minimum absolute atomic E-state index is 0.154. The molecule has 3 heterocycles. The number of carbonyl (C=O) groups is 2.